The highest BCUT2D eigenvalue weighted by atomic mass is 79.9. The molecular weight excluding hydrogens is 318 g/mol. The van der Waals surface area contributed by atoms with E-state index in [0.717, 1.165) is 27.9 Å². The molecule has 0 saturated heterocycles. The van der Waals surface area contributed by atoms with Crippen molar-refractivity contribution in [3.8, 4) is 0 Å². The minimum atomic E-state index is 0.580. The first-order chi connectivity index (χ1) is 9.81. The third-order valence-corrected chi connectivity index (χ3v) is 3.23. The predicted molar refractivity (Wildman–Crippen MR) is 82.7 cm³/mol. The molecule has 0 unspecified atom stereocenters. The summed E-state index contributed by atoms with van der Waals surface area (Å²) < 4.78 is 1.04. The van der Waals surface area contributed by atoms with Gasteiger partial charge in [-0.05, 0) is 24.3 Å². The first-order valence-electron chi connectivity index (χ1n) is 6.45. The van der Waals surface area contributed by atoms with Gasteiger partial charge in [-0.15, -0.1) is 0 Å². The quantitative estimate of drug-likeness (QED) is 0.497. The maximum Gasteiger partial charge on any atom is 0.165 e. The van der Waals surface area contributed by atoms with Gasteiger partial charge >= 0.3 is 0 Å². The number of likely N-dealkylation sites (N-methyl/N-ethyl adjacent to an activating group) is 1. The first kappa shape index (κ1) is 14.7. The smallest absolute Gasteiger partial charge is 0.165 e. The van der Waals surface area contributed by atoms with E-state index in [1.165, 1.54) is 0 Å². The van der Waals surface area contributed by atoms with Crippen molar-refractivity contribution in [2.45, 2.75) is 0 Å². The summed E-state index contributed by atoms with van der Waals surface area (Å²) in [5, 5.41) is 6.33. The Labute approximate surface area is 127 Å². The van der Waals surface area contributed by atoms with Crippen molar-refractivity contribution in [1.82, 2.24) is 4.98 Å². The Balaban J connectivity index is 2.27. The van der Waals surface area contributed by atoms with Crippen LogP contribution in [0.5, 0.6) is 0 Å². The van der Waals surface area contributed by atoms with E-state index in [2.05, 4.69) is 31.4 Å². The van der Waals surface area contributed by atoms with Gasteiger partial charge in [0.05, 0.1) is 7.05 Å². The van der Waals surface area contributed by atoms with Crippen molar-refractivity contribution in [3.05, 3.63) is 64.4 Å². The number of nitrogens with two attached hydrogens (primary N) is 1. The van der Waals surface area contributed by atoms with Crippen LogP contribution >= 0.6 is 15.9 Å². The van der Waals surface area contributed by atoms with Crippen molar-refractivity contribution in [2.75, 3.05) is 20.2 Å². The number of halogens is 1. The fraction of sp³-hybridized carbons (Fsp3) is 0.200. The Hall–Kier alpha value is -1.72. The maximum atomic E-state index is 5.39. The fourth-order valence-corrected chi connectivity index (χ4v) is 1.93. The Bertz CT molecular complexity index is 555. The van der Waals surface area contributed by atoms with Crippen LogP contribution in [0.3, 0.4) is 0 Å². The van der Waals surface area contributed by atoms with Crippen molar-refractivity contribution in [3.63, 3.8) is 0 Å². The highest BCUT2D eigenvalue weighted by Gasteiger charge is 2.08. The summed E-state index contributed by atoms with van der Waals surface area (Å²) in [6.07, 6.45) is 3.53. The van der Waals surface area contributed by atoms with Crippen LogP contribution in [0.15, 0.2) is 58.4 Å². The second kappa shape index (κ2) is 7.77. The largest absolute Gasteiger partial charge is 0.389 e. The third-order valence-electron chi connectivity index (χ3n) is 2.71. The number of aromatic nitrogens is 1. The molecule has 0 aliphatic rings. The van der Waals surface area contributed by atoms with E-state index in [0.29, 0.717) is 6.61 Å². The SMILES string of the molecule is C[NH2+]CCON=C(c1ccc(Br)cc1)c1cccnc1. The van der Waals surface area contributed by atoms with E-state index in [1.54, 1.807) is 12.4 Å². The van der Waals surface area contributed by atoms with Crippen LogP contribution in [0, 0.1) is 0 Å². The van der Waals surface area contributed by atoms with Gasteiger partial charge < -0.3 is 10.2 Å². The second-order valence-corrected chi connectivity index (χ2v) is 5.13. The van der Waals surface area contributed by atoms with Crippen LogP contribution < -0.4 is 5.32 Å². The Morgan fingerprint density at radius 1 is 1.25 bits per heavy atom. The zero-order valence-electron chi connectivity index (χ0n) is 11.3. The number of hydrogen-bond acceptors (Lipinski definition) is 3. The zero-order valence-corrected chi connectivity index (χ0v) is 12.9. The lowest BCUT2D eigenvalue weighted by Crippen LogP contribution is -2.80. The lowest BCUT2D eigenvalue weighted by molar-refractivity contribution is -0.628. The van der Waals surface area contributed by atoms with Crippen LogP contribution in [0.25, 0.3) is 0 Å². The molecule has 0 radical (unpaired) electrons. The van der Waals surface area contributed by atoms with E-state index in [4.69, 9.17) is 4.84 Å². The van der Waals surface area contributed by atoms with E-state index in [1.807, 2.05) is 43.4 Å². The van der Waals surface area contributed by atoms with E-state index in [9.17, 15) is 0 Å². The molecule has 0 bridgehead atoms. The van der Waals surface area contributed by atoms with Gasteiger partial charge in [0, 0.05) is 28.0 Å². The molecule has 4 nitrogen and oxygen atoms in total. The van der Waals surface area contributed by atoms with Crippen molar-refractivity contribution < 1.29 is 10.2 Å². The van der Waals surface area contributed by atoms with Crippen molar-refractivity contribution >= 4 is 21.6 Å². The summed E-state index contributed by atoms with van der Waals surface area (Å²) in [6, 6.07) is 11.9. The van der Waals surface area contributed by atoms with Crippen LogP contribution in [0.2, 0.25) is 0 Å². The van der Waals surface area contributed by atoms with Gasteiger partial charge in [-0.3, -0.25) is 4.98 Å². The average Bonchev–Trinajstić information content (AvgIpc) is 2.50. The fourth-order valence-electron chi connectivity index (χ4n) is 1.66. The van der Waals surface area contributed by atoms with E-state index < -0.39 is 0 Å². The molecule has 0 aliphatic carbocycles. The van der Waals surface area contributed by atoms with Gasteiger partial charge in [0.25, 0.3) is 0 Å². The zero-order chi connectivity index (χ0) is 14.2. The van der Waals surface area contributed by atoms with Crippen LogP contribution in [0.4, 0.5) is 0 Å². The van der Waals surface area contributed by atoms with E-state index >= 15 is 0 Å². The summed E-state index contributed by atoms with van der Waals surface area (Å²) in [7, 11) is 2.00. The summed E-state index contributed by atoms with van der Waals surface area (Å²) in [4.78, 5) is 9.53. The van der Waals surface area contributed by atoms with E-state index in [-0.39, 0.29) is 0 Å². The molecule has 2 aromatic rings. The maximum absolute atomic E-state index is 5.39. The molecule has 0 aliphatic heterocycles. The molecule has 0 spiro atoms. The number of nitrogens with zero attached hydrogens (tertiary/aromatic N) is 2. The first-order valence-corrected chi connectivity index (χ1v) is 7.24. The summed E-state index contributed by atoms with van der Waals surface area (Å²) >= 11 is 3.44. The minimum Gasteiger partial charge on any atom is -0.389 e. The van der Waals surface area contributed by atoms with Gasteiger partial charge in [0.2, 0.25) is 0 Å². The molecule has 0 atom stereocenters. The standard InChI is InChI=1S/C15H16BrN3O/c1-17-9-10-20-19-15(13-3-2-8-18-11-13)12-4-6-14(16)7-5-12/h2-8,11,17H,9-10H2,1H3/p+1. The Kier molecular flexibility index (Phi) is 5.70. The molecular formula is C15H17BrN3O+. The molecule has 2 N–H and O–H groups in total. The van der Waals surface area contributed by atoms with Gasteiger partial charge in [-0.25, -0.2) is 0 Å². The number of quaternary nitrogens is 1. The van der Waals surface area contributed by atoms with Crippen LogP contribution in [-0.2, 0) is 4.84 Å². The highest BCUT2D eigenvalue weighted by Crippen LogP contribution is 2.15. The van der Waals surface area contributed by atoms with Gasteiger partial charge in [-0.2, -0.15) is 0 Å². The molecule has 1 heterocycles. The summed E-state index contributed by atoms with van der Waals surface area (Å²) in [5.41, 5.74) is 2.73. The second-order valence-electron chi connectivity index (χ2n) is 4.22. The van der Waals surface area contributed by atoms with Gasteiger partial charge in [0.15, 0.2) is 6.61 Å². The number of benzene rings is 1. The molecule has 0 amide bonds. The van der Waals surface area contributed by atoms with Crippen LogP contribution in [-0.4, -0.2) is 30.9 Å². The molecule has 0 fully saturated rings. The molecule has 20 heavy (non-hydrogen) atoms. The summed E-state index contributed by atoms with van der Waals surface area (Å²) in [5.74, 6) is 0. The third kappa shape index (κ3) is 4.15. The molecule has 1 aromatic heterocycles. The Morgan fingerprint density at radius 2 is 2.05 bits per heavy atom. The molecule has 5 heteroatoms. The molecule has 2 rings (SSSR count). The molecule has 1 aromatic carbocycles. The average molecular weight is 335 g/mol. The highest BCUT2D eigenvalue weighted by molar-refractivity contribution is 9.10. The number of hydrogen-bond donors (Lipinski definition) is 1. The monoisotopic (exact) mass is 334 g/mol. The Morgan fingerprint density at radius 3 is 2.70 bits per heavy atom. The number of pyridine rings is 1. The van der Waals surface area contributed by atoms with Crippen LogP contribution in [0.1, 0.15) is 11.1 Å². The number of oxime groups is 1. The summed E-state index contributed by atoms with van der Waals surface area (Å²) in [6.45, 7) is 1.46. The number of rotatable bonds is 6. The molecule has 0 saturated carbocycles. The normalized spacial score (nSPS) is 11.4. The topological polar surface area (TPSA) is 51.1 Å². The minimum absolute atomic E-state index is 0.580. The van der Waals surface area contributed by atoms with Crippen molar-refractivity contribution in [2.24, 2.45) is 5.16 Å². The predicted octanol–water partition coefficient (Wildman–Crippen LogP) is 1.81. The van der Waals surface area contributed by atoms with Gasteiger partial charge in [0.1, 0.15) is 12.3 Å². The lowest BCUT2D eigenvalue weighted by Gasteiger charge is -2.07. The lowest BCUT2D eigenvalue weighted by atomic mass is 10.0. The van der Waals surface area contributed by atoms with Crippen molar-refractivity contribution in [1.29, 1.82) is 0 Å². The van der Waals surface area contributed by atoms with Gasteiger partial charge in [-0.1, -0.05) is 33.2 Å². The molecule has 104 valence electrons.